The zero-order valence-corrected chi connectivity index (χ0v) is 19.8. The minimum atomic E-state index is -0.804. The van der Waals surface area contributed by atoms with Crippen LogP contribution < -0.4 is 5.32 Å². The second-order valence-electron chi connectivity index (χ2n) is 8.75. The van der Waals surface area contributed by atoms with Crippen molar-refractivity contribution in [3.05, 3.63) is 70.8 Å². The number of nitrogens with zero attached hydrogens (tertiary/aromatic N) is 4. The molecule has 0 radical (unpaired) electrons. The maximum Gasteiger partial charge on any atom is 0.256 e. The van der Waals surface area contributed by atoms with E-state index in [1.165, 1.54) is 11.0 Å². The lowest BCUT2D eigenvalue weighted by Crippen LogP contribution is -2.59. The van der Waals surface area contributed by atoms with Gasteiger partial charge in [-0.3, -0.25) is 19.1 Å². The Bertz CT molecular complexity index is 1340. The third-order valence-electron chi connectivity index (χ3n) is 6.43. The minimum absolute atomic E-state index is 0.0731. The molecule has 0 bridgehead atoms. The summed E-state index contributed by atoms with van der Waals surface area (Å²) in [6.07, 6.45) is 4.44. The monoisotopic (exact) mass is 495 g/mol. The highest BCUT2D eigenvalue weighted by Gasteiger charge is 2.40. The lowest BCUT2D eigenvalue weighted by atomic mass is 10.0. The zero-order valence-electron chi connectivity index (χ0n) is 19.0. The van der Waals surface area contributed by atoms with Crippen molar-refractivity contribution in [3.63, 3.8) is 0 Å². The quantitative estimate of drug-likeness (QED) is 0.602. The second kappa shape index (κ2) is 9.14. The summed E-state index contributed by atoms with van der Waals surface area (Å²) in [6, 6.07) is 8.38. The van der Waals surface area contributed by atoms with E-state index >= 15 is 0 Å². The van der Waals surface area contributed by atoms with Gasteiger partial charge in [-0.25, -0.2) is 4.39 Å². The molecule has 3 aromatic rings. The van der Waals surface area contributed by atoms with Crippen molar-refractivity contribution >= 4 is 35.0 Å². The first-order chi connectivity index (χ1) is 16.8. The molecule has 1 fully saturated rings. The predicted molar refractivity (Wildman–Crippen MR) is 128 cm³/mol. The van der Waals surface area contributed by atoms with Gasteiger partial charge in [-0.2, -0.15) is 5.10 Å². The van der Waals surface area contributed by atoms with Gasteiger partial charge in [0, 0.05) is 43.3 Å². The second-order valence-corrected chi connectivity index (χ2v) is 9.19. The topological polar surface area (TPSA) is 87.5 Å². The first-order valence-electron chi connectivity index (χ1n) is 11.3. The molecule has 1 aromatic heterocycles. The molecule has 1 atom stereocenters. The fraction of sp³-hybridized carbons (Fsp3) is 0.280. The summed E-state index contributed by atoms with van der Waals surface area (Å²) in [4.78, 5) is 42.4. The molecule has 2 aliphatic rings. The van der Waals surface area contributed by atoms with E-state index in [1.807, 2.05) is 13.2 Å². The molecular weight excluding hydrogens is 473 g/mol. The van der Waals surface area contributed by atoms with Gasteiger partial charge >= 0.3 is 0 Å². The van der Waals surface area contributed by atoms with E-state index in [1.54, 1.807) is 46.1 Å². The lowest BCUT2D eigenvalue weighted by Gasteiger charge is -2.39. The van der Waals surface area contributed by atoms with Crippen LogP contribution in [0.4, 0.5) is 10.1 Å². The van der Waals surface area contributed by atoms with E-state index < -0.39 is 11.9 Å². The van der Waals surface area contributed by atoms with Gasteiger partial charge in [0.15, 0.2) is 0 Å². The maximum atomic E-state index is 14.5. The van der Waals surface area contributed by atoms with Crippen LogP contribution in [0.2, 0.25) is 5.02 Å². The molecule has 5 rings (SSSR count). The summed E-state index contributed by atoms with van der Waals surface area (Å²) in [6.45, 7) is 0.687. The molecule has 8 nitrogen and oxygen atoms in total. The van der Waals surface area contributed by atoms with Crippen molar-refractivity contribution in [3.8, 4) is 11.1 Å². The Balaban J connectivity index is 1.34. The van der Waals surface area contributed by atoms with Crippen LogP contribution in [-0.2, 0) is 23.1 Å². The molecule has 0 spiro atoms. The Morgan fingerprint density at radius 1 is 1.17 bits per heavy atom. The Morgan fingerprint density at radius 2 is 2.00 bits per heavy atom. The molecule has 10 heteroatoms. The van der Waals surface area contributed by atoms with Gasteiger partial charge in [0.1, 0.15) is 11.9 Å². The van der Waals surface area contributed by atoms with Gasteiger partial charge in [0.05, 0.1) is 24.0 Å². The van der Waals surface area contributed by atoms with E-state index in [2.05, 4.69) is 10.4 Å². The highest BCUT2D eigenvalue weighted by molar-refractivity contribution is 6.30. The number of anilines is 1. The third kappa shape index (κ3) is 4.51. The zero-order chi connectivity index (χ0) is 24.7. The molecular formula is C25H23ClFN5O3. The van der Waals surface area contributed by atoms with Crippen molar-refractivity contribution in [2.24, 2.45) is 7.05 Å². The van der Waals surface area contributed by atoms with E-state index in [0.717, 1.165) is 5.56 Å². The van der Waals surface area contributed by atoms with Crippen LogP contribution in [0.1, 0.15) is 22.3 Å². The number of hydrogen-bond acceptors (Lipinski definition) is 4. The number of amides is 3. The Kier molecular flexibility index (Phi) is 6.02. The van der Waals surface area contributed by atoms with E-state index in [-0.39, 0.29) is 41.4 Å². The number of aryl methyl sites for hydroxylation is 2. The first-order valence-corrected chi connectivity index (χ1v) is 11.6. The van der Waals surface area contributed by atoms with Crippen LogP contribution in [-0.4, -0.2) is 63.0 Å². The number of carbonyl (C=O) groups is 3. The van der Waals surface area contributed by atoms with E-state index in [4.69, 9.17) is 11.6 Å². The molecule has 0 saturated carbocycles. The fourth-order valence-electron chi connectivity index (χ4n) is 4.58. The molecule has 0 aliphatic carbocycles. The van der Waals surface area contributed by atoms with Gasteiger partial charge in [-0.1, -0.05) is 17.7 Å². The van der Waals surface area contributed by atoms with E-state index in [0.29, 0.717) is 36.2 Å². The number of rotatable bonds is 4. The smallest absolute Gasteiger partial charge is 0.256 e. The average Bonchev–Trinajstić information content (AvgIpc) is 3.23. The van der Waals surface area contributed by atoms with Gasteiger partial charge in [0.2, 0.25) is 11.8 Å². The summed E-state index contributed by atoms with van der Waals surface area (Å²) >= 11 is 5.86. The number of nitrogens with one attached hydrogen (secondary N) is 1. The van der Waals surface area contributed by atoms with Crippen molar-refractivity contribution in [2.75, 3.05) is 25.0 Å². The van der Waals surface area contributed by atoms with Gasteiger partial charge < -0.3 is 15.1 Å². The first kappa shape index (κ1) is 23.0. The summed E-state index contributed by atoms with van der Waals surface area (Å²) in [7, 11) is 1.82. The largest absolute Gasteiger partial charge is 0.338 e. The van der Waals surface area contributed by atoms with E-state index in [9.17, 15) is 18.8 Å². The Morgan fingerprint density at radius 3 is 2.74 bits per heavy atom. The fourth-order valence-corrected chi connectivity index (χ4v) is 4.74. The number of aromatic nitrogens is 2. The average molecular weight is 496 g/mol. The summed E-state index contributed by atoms with van der Waals surface area (Å²) < 4.78 is 16.2. The van der Waals surface area contributed by atoms with Crippen LogP contribution in [0, 0.1) is 5.82 Å². The van der Waals surface area contributed by atoms with Crippen molar-refractivity contribution in [1.29, 1.82) is 0 Å². The molecule has 35 heavy (non-hydrogen) atoms. The van der Waals surface area contributed by atoms with Crippen LogP contribution in [0.3, 0.4) is 0 Å². The molecule has 3 heterocycles. The SMILES string of the molecule is Cn1cc(CCC(=O)N2CCN3C(=O)c4cc(-c5ccc(Cl)cc5F)ccc4NC(=O)[C@@H]3C2)cn1. The molecule has 1 N–H and O–H groups in total. The molecule has 3 amide bonds. The van der Waals surface area contributed by atoms with Crippen LogP contribution in [0.25, 0.3) is 11.1 Å². The van der Waals surface area contributed by atoms with Crippen LogP contribution in [0.15, 0.2) is 48.8 Å². The molecule has 1 saturated heterocycles. The van der Waals surface area contributed by atoms with Crippen LogP contribution >= 0.6 is 11.6 Å². The maximum absolute atomic E-state index is 14.5. The number of piperazine rings is 1. The van der Waals surface area contributed by atoms with Gasteiger partial charge in [-0.05, 0) is 47.9 Å². The third-order valence-corrected chi connectivity index (χ3v) is 6.67. The number of carbonyl (C=O) groups excluding carboxylic acids is 3. The predicted octanol–water partition coefficient (Wildman–Crippen LogP) is 3.12. The molecule has 180 valence electrons. The number of benzene rings is 2. The molecule has 2 aliphatic heterocycles. The Hall–Kier alpha value is -3.72. The highest BCUT2D eigenvalue weighted by Crippen LogP contribution is 2.32. The van der Waals surface area contributed by atoms with Crippen molar-refractivity contribution in [1.82, 2.24) is 19.6 Å². The van der Waals surface area contributed by atoms with Crippen molar-refractivity contribution < 1.29 is 18.8 Å². The normalized spacial score (nSPS) is 17.5. The van der Waals surface area contributed by atoms with Crippen molar-refractivity contribution in [2.45, 2.75) is 18.9 Å². The van der Waals surface area contributed by atoms with Gasteiger partial charge in [-0.15, -0.1) is 0 Å². The highest BCUT2D eigenvalue weighted by atomic mass is 35.5. The summed E-state index contributed by atoms with van der Waals surface area (Å²) in [5.74, 6) is -1.26. The lowest BCUT2D eigenvalue weighted by molar-refractivity contribution is -0.135. The number of fused-ring (bicyclic) bond motifs is 2. The molecule has 0 unspecified atom stereocenters. The Labute approximate surface area is 206 Å². The summed E-state index contributed by atoms with van der Waals surface area (Å²) in [5, 5.41) is 7.20. The van der Waals surface area contributed by atoms with Gasteiger partial charge in [0.25, 0.3) is 5.91 Å². The summed E-state index contributed by atoms with van der Waals surface area (Å²) in [5.41, 5.74) is 2.42. The van der Waals surface area contributed by atoms with Crippen LogP contribution in [0.5, 0.6) is 0 Å². The standard InChI is InChI=1S/C25H23ClFN5O3/c1-30-13-15(12-28-30)2-7-23(33)31-8-9-32-22(14-31)24(34)29-21-6-3-16(10-19(21)25(32)35)18-5-4-17(26)11-20(18)27/h3-6,10-13,22H,2,7-9,14H2,1H3,(H,29,34)/t22-/m0/s1. The number of hydrogen-bond donors (Lipinski definition) is 1. The minimum Gasteiger partial charge on any atom is -0.338 e. The number of halogens is 2. The molecule has 2 aromatic carbocycles.